The number of esters is 1. The molecule has 1 aliphatic heterocycles. The fourth-order valence-electron chi connectivity index (χ4n) is 2.49. The number of rotatable bonds is 2. The van der Waals surface area contributed by atoms with Gasteiger partial charge in [-0.2, -0.15) is 0 Å². The monoisotopic (exact) mass is 287 g/mol. The SMILES string of the molecule is COC(=O)C1CN(c2nc3ccccc3nc2C)CCO1. The maximum atomic E-state index is 11.6. The molecule has 1 fully saturated rings. The summed E-state index contributed by atoms with van der Waals surface area (Å²) < 4.78 is 10.2. The van der Waals surface area contributed by atoms with Crippen LogP contribution in [0.3, 0.4) is 0 Å². The minimum Gasteiger partial charge on any atom is -0.467 e. The molecule has 21 heavy (non-hydrogen) atoms. The average Bonchev–Trinajstić information content (AvgIpc) is 2.53. The number of benzene rings is 1. The van der Waals surface area contributed by atoms with Crippen molar-refractivity contribution in [2.45, 2.75) is 13.0 Å². The van der Waals surface area contributed by atoms with Crippen LogP contribution in [-0.2, 0) is 14.3 Å². The summed E-state index contributed by atoms with van der Waals surface area (Å²) in [5.74, 6) is 0.442. The molecule has 2 aromatic rings. The second kappa shape index (κ2) is 5.65. The molecule has 0 saturated carbocycles. The summed E-state index contributed by atoms with van der Waals surface area (Å²) in [7, 11) is 1.37. The van der Waals surface area contributed by atoms with E-state index in [9.17, 15) is 4.79 Å². The van der Waals surface area contributed by atoms with Gasteiger partial charge in [-0.05, 0) is 19.1 Å². The van der Waals surface area contributed by atoms with Gasteiger partial charge in [0.2, 0.25) is 0 Å². The second-order valence-electron chi connectivity index (χ2n) is 4.95. The maximum Gasteiger partial charge on any atom is 0.336 e. The lowest BCUT2D eigenvalue weighted by Gasteiger charge is -2.32. The predicted molar refractivity (Wildman–Crippen MR) is 78.2 cm³/mol. The molecule has 0 aliphatic carbocycles. The first kappa shape index (κ1) is 13.8. The minimum atomic E-state index is -0.573. The Morgan fingerprint density at radius 2 is 2.05 bits per heavy atom. The lowest BCUT2D eigenvalue weighted by Crippen LogP contribution is -2.47. The van der Waals surface area contributed by atoms with Gasteiger partial charge in [0.15, 0.2) is 11.9 Å². The number of hydrogen-bond acceptors (Lipinski definition) is 6. The topological polar surface area (TPSA) is 64.5 Å². The van der Waals surface area contributed by atoms with Crippen molar-refractivity contribution in [3.63, 3.8) is 0 Å². The number of morpholine rings is 1. The minimum absolute atomic E-state index is 0.355. The van der Waals surface area contributed by atoms with Crippen molar-refractivity contribution in [2.75, 3.05) is 31.7 Å². The summed E-state index contributed by atoms with van der Waals surface area (Å²) >= 11 is 0. The smallest absolute Gasteiger partial charge is 0.336 e. The van der Waals surface area contributed by atoms with Gasteiger partial charge in [0.1, 0.15) is 0 Å². The zero-order chi connectivity index (χ0) is 14.8. The van der Waals surface area contributed by atoms with E-state index in [1.807, 2.05) is 36.1 Å². The van der Waals surface area contributed by atoms with Crippen LogP contribution in [0, 0.1) is 6.92 Å². The van der Waals surface area contributed by atoms with Crippen molar-refractivity contribution >= 4 is 22.8 Å². The average molecular weight is 287 g/mol. The Labute approximate surface area is 122 Å². The standard InChI is InChI=1S/C15H17N3O3/c1-10-14(17-12-6-4-3-5-11(12)16-10)18-7-8-21-13(9-18)15(19)20-2/h3-6,13H,7-9H2,1-2H3. The summed E-state index contributed by atoms with van der Waals surface area (Å²) in [5.41, 5.74) is 2.56. The zero-order valence-electron chi connectivity index (χ0n) is 12.1. The van der Waals surface area contributed by atoms with Gasteiger partial charge in [-0.3, -0.25) is 0 Å². The third-order valence-electron chi connectivity index (χ3n) is 3.55. The Kier molecular flexibility index (Phi) is 3.70. The molecule has 0 radical (unpaired) electrons. The molecule has 1 aliphatic rings. The third kappa shape index (κ3) is 2.67. The number of carbonyl (C=O) groups is 1. The number of fused-ring (bicyclic) bond motifs is 1. The summed E-state index contributed by atoms with van der Waals surface area (Å²) in [4.78, 5) is 22.9. The number of anilines is 1. The maximum absolute atomic E-state index is 11.6. The van der Waals surface area contributed by atoms with Gasteiger partial charge < -0.3 is 14.4 Å². The molecule has 1 aromatic carbocycles. The van der Waals surface area contributed by atoms with E-state index in [0.29, 0.717) is 19.7 Å². The third-order valence-corrected chi connectivity index (χ3v) is 3.55. The Balaban J connectivity index is 1.92. The summed E-state index contributed by atoms with van der Waals surface area (Å²) in [6, 6.07) is 7.75. The van der Waals surface area contributed by atoms with Gasteiger partial charge in [0, 0.05) is 6.54 Å². The van der Waals surface area contributed by atoms with E-state index in [0.717, 1.165) is 22.5 Å². The first-order valence-electron chi connectivity index (χ1n) is 6.87. The Morgan fingerprint density at radius 3 is 2.76 bits per heavy atom. The number of ether oxygens (including phenoxy) is 2. The fourth-order valence-corrected chi connectivity index (χ4v) is 2.49. The number of methoxy groups -OCH3 is 1. The van der Waals surface area contributed by atoms with Crippen LogP contribution >= 0.6 is 0 Å². The van der Waals surface area contributed by atoms with Gasteiger partial charge in [-0.1, -0.05) is 12.1 Å². The highest BCUT2D eigenvalue weighted by Crippen LogP contribution is 2.22. The molecule has 2 heterocycles. The molecule has 6 heteroatoms. The van der Waals surface area contributed by atoms with Gasteiger partial charge in [0.25, 0.3) is 0 Å². The van der Waals surface area contributed by atoms with Crippen LogP contribution in [0.5, 0.6) is 0 Å². The Hall–Kier alpha value is -2.21. The number of aromatic nitrogens is 2. The van der Waals surface area contributed by atoms with Crippen molar-refractivity contribution in [1.29, 1.82) is 0 Å². The summed E-state index contributed by atoms with van der Waals surface area (Å²) in [6.45, 7) is 3.51. The summed E-state index contributed by atoms with van der Waals surface area (Å²) in [6.07, 6.45) is -0.573. The van der Waals surface area contributed by atoms with Crippen LogP contribution in [0.1, 0.15) is 5.69 Å². The first-order valence-corrected chi connectivity index (χ1v) is 6.87. The molecule has 1 unspecified atom stereocenters. The second-order valence-corrected chi connectivity index (χ2v) is 4.95. The van der Waals surface area contributed by atoms with E-state index in [2.05, 4.69) is 9.97 Å². The highest BCUT2D eigenvalue weighted by Gasteiger charge is 2.29. The van der Waals surface area contributed by atoms with Crippen molar-refractivity contribution < 1.29 is 14.3 Å². The van der Waals surface area contributed by atoms with Crippen molar-refractivity contribution in [3.8, 4) is 0 Å². The zero-order valence-corrected chi connectivity index (χ0v) is 12.1. The molecule has 1 saturated heterocycles. The van der Waals surface area contributed by atoms with Gasteiger partial charge in [0.05, 0.1) is 37.0 Å². The lowest BCUT2D eigenvalue weighted by atomic mass is 10.2. The van der Waals surface area contributed by atoms with Gasteiger partial charge in [-0.25, -0.2) is 14.8 Å². The number of carbonyl (C=O) groups excluding carboxylic acids is 1. The van der Waals surface area contributed by atoms with Crippen molar-refractivity contribution in [3.05, 3.63) is 30.0 Å². The number of para-hydroxylation sites is 2. The van der Waals surface area contributed by atoms with E-state index in [1.165, 1.54) is 7.11 Å². The van der Waals surface area contributed by atoms with Crippen LogP contribution in [0.25, 0.3) is 11.0 Å². The fraction of sp³-hybridized carbons (Fsp3) is 0.400. The molecule has 1 aromatic heterocycles. The Morgan fingerprint density at radius 1 is 1.33 bits per heavy atom. The number of aryl methyl sites for hydroxylation is 1. The van der Waals surface area contributed by atoms with E-state index in [4.69, 9.17) is 9.47 Å². The van der Waals surface area contributed by atoms with Crippen LogP contribution in [-0.4, -0.2) is 48.8 Å². The quantitative estimate of drug-likeness (QED) is 0.776. The van der Waals surface area contributed by atoms with E-state index in [-0.39, 0.29) is 5.97 Å². The van der Waals surface area contributed by atoms with E-state index in [1.54, 1.807) is 0 Å². The molecule has 6 nitrogen and oxygen atoms in total. The molecule has 3 rings (SSSR count). The van der Waals surface area contributed by atoms with Crippen LogP contribution in [0.15, 0.2) is 24.3 Å². The normalized spacial score (nSPS) is 18.8. The highest BCUT2D eigenvalue weighted by atomic mass is 16.6. The molecular formula is C15H17N3O3. The molecule has 0 spiro atoms. The van der Waals surface area contributed by atoms with Crippen molar-refractivity contribution in [1.82, 2.24) is 9.97 Å². The van der Waals surface area contributed by atoms with Gasteiger partial charge in [-0.15, -0.1) is 0 Å². The molecule has 0 N–H and O–H groups in total. The van der Waals surface area contributed by atoms with E-state index >= 15 is 0 Å². The molecule has 110 valence electrons. The predicted octanol–water partition coefficient (Wildman–Crippen LogP) is 1.32. The lowest BCUT2D eigenvalue weighted by molar-refractivity contribution is -0.154. The van der Waals surface area contributed by atoms with Crippen LogP contribution in [0.2, 0.25) is 0 Å². The number of nitrogens with zero attached hydrogens (tertiary/aromatic N) is 3. The first-order chi connectivity index (χ1) is 10.2. The van der Waals surface area contributed by atoms with Crippen LogP contribution in [0.4, 0.5) is 5.82 Å². The number of hydrogen-bond donors (Lipinski definition) is 0. The highest BCUT2D eigenvalue weighted by molar-refractivity contribution is 5.78. The summed E-state index contributed by atoms with van der Waals surface area (Å²) in [5, 5.41) is 0. The van der Waals surface area contributed by atoms with Gasteiger partial charge >= 0.3 is 5.97 Å². The van der Waals surface area contributed by atoms with Crippen LogP contribution < -0.4 is 4.90 Å². The largest absolute Gasteiger partial charge is 0.467 e. The molecular weight excluding hydrogens is 270 g/mol. The van der Waals surface area contributed by atoms with Crippen molar-refractivity contribution in [2.24, 2.45) is 0 Å². The molecule has 0 bridgehead atoms. The van der Waals surface area contributed by atoms with E-state index < -0.39 is 6.10 Å². The molecule has 1 atom stereocenters. The Bertz CT molecular complexity index is 674. The molecule has 0 amide bonds.